The van der Waals surface area contributed by atoms with E-state index in [-0.39, 0.29) is 28.6 Å². The van der Waals surface area contributed by atoms with Crippen LogP contribution >= 0.6 is 11.8 Å². The van der Waals surface area contributed by atoms with Crippen molar-refractivity contribution in [2.24, 2.45) is 0 Å². The Balaban J connectivity index is 2.56. The van der Waals surface area contributed by atoms with Gasteiger partial charge in [-0.2, -0.15) is 4.68 Å². The lowest BCUT2D eigenvalue weighted by Crippen LogP contribution is -2.35. The molecule has 1 aromatic rings. The van der Waals surface area contributed by atoms with Gasteiger partial charge in [-0.25, -0.2) is 0 Å². The van der Waals surface area contributed by atoms with E-state index < -0.39 is 5.56 Å². The molecule has 3 N–H and O–H groups in total. The first-order chi connectivity index (χ1) is 8.95. The topological polar surface area (TPSA) is 103 Å². The van der Waals surface area contributed by atoms with Gasteiger partial charge in [0.25, 0.3) is 5.56 Å². The van der Waals surface area contributed by atoms with Crippen LogP contribution in [0.5, 0.6) is 0 Å². The predicted octanol–water partition coefficient (Wildman–Crippen LogP) is 0.0574. The lowest BCUT2D eigenvalue weighted by Gasteiger charge is -2.12. The van der Waals surface area contributed by atoms with Gasteiger partial charge < -0.3 is 11.2 Å². The number of hydrogen-bond acceptors (Lipinski definition) is 6. The number of carbonyl (C=O) groups is 1. The van der Waals surface area contributed by atoms with Crippen LogP contribution in [0.3, 0.4) is 0 Å². The van der Waals surface area contributed by atoms with E-state index in [0.717, 1.165) is 29.3 Å². The van der Waals surface area contributed by atoms with Crippen molar-refractivity contribution in [3.8, 4) is 0 Å². The van der Waals surface area contributed by atoms with Gasteiger partial charge in [-0.05, 0) is 20.3 Å². The minimum Gasteiger partial charge on any atom is -0.353 e. The van der Waals surface area contributed by atoms with Crippen LogP contribution < -0.4 is 16.7 Å². The molecule has 0 fully saturated rings. The van der Waals surface area contributed by atoms with Crippen LogP contribution in [0, 0.1) is 6.92 Å². The average Bonchev–Trinajstić information content (AvgIpc) is 2.35. The maximum absolute atomic E-state index is 11.7. The lowest BCUT2D eigenvalue weighted by molar-refractivity contribution is -0.119. The molecule has 8 heteroatoms. The molecule has 0 unspecified atom stereocenters. The second-order valence-corrected chi connectivity index (χ2v) is 5.23. The highest BCUT2D eigenvalue weighted by Crippen LogP contribution is 2.10. The summed E-state index contributed by atoms with van der Waals surface area (Å²) in [6.45, 7) is 5.55. The van der Waals surface area contributed by atoms with E-state index >= 15 is 0 Å². The van der Waals surface area contributed by atoms with Crippen molar-refractivity contribution in [1.29, 1.82) is 0 Å². The summed E-state index contributed by atoms with van der Waals surface area (Å²) in [6, 6.07) is 0.141. The molecule has 0 saturated carbocycles. The van der Waals surface area contributed by atoms with Gasteiger partial charge in [-0.3, -0.25) is 9.59 Å². The van der Waals surface area contributed by atoms with Gasteiger partial charge in [-0.15, -0.1) is 10.2 Å². The number of nitrogens with zero attached hydrogens (tertiary/aromatic N) is 3. The third-order valence-corrected chi connectivity index (χ3v) is 3.42. The molecular weight excluding hydrogens is 266 g/mol. The summed E-state index contributed by atoms with van der Waals surface area (Å²) >= 11 is 1.09. The van der Waals surface area contributed by atoms with Gasteiger partial charge >= 0.3 is 0 Å². The van der Waals surface area contributed by atoms with Crippen molar-refractivity contribution in [1.82, 2.24) is 20.2 Å². The van der Waals surface area contributed by atoms with Gasteiger partial charge in [0.2, 0.25) is 11.1 Å². The molecule has 19 heavy (non-hydrogen) atoms. The Kier molecular flexibility index (Phi) is 5.81. The number of aryl methyl sites for hydroxylation is 1. The summed E-state index contributed by atoms with van der Waals surface area (Å²) in [6.07, 6.45) is 1.95. The number of nitrogens with two attached hydrogens (primary N) is 1. The Morgan fingerprint density at radius 2 is 2.21 bits per heavy atom. The third kappa shape index (κ3) is 4.55. The number of rotatable bonds is 6. The number of thioether (sulfide) groups is 1. The molecule has 0 aliphatic heterocycles. The number of hydrogen-bond donors (Lipinski definition) is 2. The first kappa shape index (κ1) is 15.5. The van der Waals surface area contributed by atoms with Crippen molar-refractivity contribution in [3.05, 3.63) is 16.0 Å². The number of nitrogens with one attached hydrogen (secondary N) is 1. The van der Waals surface area contributed by atoms with E-state index in [2.05, 4.69) is 22.4 Å². The fraction of sp³-hybridized carbons (Fsp3) is 0.636. The molecule has 0 aliphatic rings. The maximum atomic E-state index is 11.7. The molecule has 0 radical (unpaired) electrons. The summed E-state index contributed by atoms with van der Waals surface area (Å²) in [7, 11) is 0. The zero-order chi connectivity index (χ0) is 14.4. The van der Waals surface area contributed by atoms with Crippen molar-refractivity contribution in [2.75, 3.05) is 11.6 Å². The van der Waals surface area contributed by atoms with E-state index in [9.17, 15) is 9.59 Å². The van der Waals surface area contributed by atoms with E-state index in [4.69, 9.17) is 5.84 Å². The molecule has 1 rings (SSSR count). The van der Waals surface area contributed by atoms with Crippen LogP contribution in [0.1, 0.15) is 32.4 Å². The minimum atomic E-state index is -0.405. The first-order valence-corrected chi connectivity index (χ1v) is 7.07. The molecule has 0 bridgehead atoms. The Bertz CT molecular complexity index is 502. The van der Waals surface area contributed by atoms with E-state index in [1.54, 1.807) is 0 Å². The molecule has 1 aromatic heterocycles. The maximum Gasteiger partial charge on any atom is 0.294 e. The largest absolute Gasteiger partial charge is 0.353 e. The van der Waals surface area contributed by atoms with Crippen LogP contribution in [-0.4, -0.2) is 32.6 Å². The molecular formula is C11H19N5O2S. The monoisotopic (exact) mass is 285 g/mol. The van der Waals surface area contributed by atoms with Crippen molar-refractivity contribution in [3.63, 3.8) is 0 Å². The normalized spacial score (nSPS) is 12.2. The van der Waals surface area contributed by atoms with Crippen molar-refractivity contribution in [2.45, 2.75) is 44.8 Å². The fourth-order valence-corrected chi connectivity index (χ4v) is 2.18. The van der Waals surface area contributed by atoms with Gasteiger partial charge in [0.1, 0.15) is 5.69 Å². The Morgan fingerprint density at radius 1 is 1.53 bits per heavy atom. The van der Waals surface area contributed by atoms with Gasteiger partial charge in [0.15, 0.2) is 0 Å². The Hall–Kier alpha value is -1.57. The highest BCUT2D eigenvalue weighted by Gasteiger charge is 2.11. The number of amides is 1. The van der Waals surface area contributed by atoms with Crippen LogP contribution in [0.4, 0.5) is 0 Å². The zero-order valence-electron chi connectivity index (χ0n) is 11.3. The molecule has 0 spiro atoms. The smallest absolute Gasteiger partial charge is 0.294 e. The molecule has 0 aliphatic carbocycles. The molecule has 106 valence electrons. The van der Waals surface area contributed by atoms with Crippen molar-refractivity contribution < 1.29 is 4.79 Å². The van der Waals surface area contributed by atoms with Gasteiger partial charge in [0.05, 0.1) is 5.75 Å². The summed E-state index contributed by atoms with van der Waals surface area (Å²) in [4.78, 5) is 23.2. The van der Waals surface area contributed by atoms with Crippen LogP contribution in [0.25, 0.3) is 0 Å². The molecule has 1 amide bonds. The van der Waals surface area contributed by atoms with Crippen LogP contribution in [0.2, 0.25) is 0 Å². The minimum absolute atomic E-state index is 0.110. The number of carbonyl (C=O) groups excluding carboxylic acids is 1. The standard InChI is InChI=1S/C11H19N5O2S/c1-4-5-7(2)13-9(17)6-19-11-15-14-8(3)10(18)16(11)12/h7H,4-6,12H2,1-3H3,(H,13,17)/t7-/m0/s1. The van der Waals surface area contributed by atoms with Crippen LogP contribution in [0.15, 0.2) is 9.95 Å². The van der Waals surface area contributed by atoms with E-state index in [0.29, 0.717) is 0 Å². The second kappa shape index (κ2) is 7.13. The van der Waals surface area contributed by atoms with Gasteiger partial charge in [-0.1, -0.05) is 25.1 Å². The summed E-state index contributed by atoms with van der Waals surface area (Å²) in [5.41, 5.74) is -0.176. The summed E-state index contributed by atoms with van der Waals surface area (Å²) < 4.78 is 0.912. The zero-order valence-corrected chi connectivity index (χ0v) is 12.2. The van der Waals surface area contributed by atoms with Gasteiger partial charge in [0, 0.05) is 6.04 Å². The summed E-state index contributed by atoms with van der Waals surface area (Å²) in [5.74, 6) is 5.61. The molecule has 1 heterocycles. The fourth-order valence-electron chi connectivity index (χ4n) is 1.52. The lowest BCUT2D eigenvalue weighted by atomic mass is 10.2. The average molecular weight is 285 g/mol. The van der Waals surface area contributed by atoms with E-state index in [1.165, 1.54) is 6.92 Å². The first-order valence-electron chi connectivity index (χ1n) is 6.09. The summed E-state index contributed by atoms with van der Waals surface area (Å²) in [5, 5.41) is 10.6. The predicted molar refractivity (Wildman–Crippen MR) is 74.4 cm³/mol. The molecule has 7 nitrogen and oxygen atoms in total. The second-order valence-electron chi connectivity index (χ2n) is 4.29. The molecule has 0 saturated heterocycles. The van der Waals surface area contributed by atoms with E-state index in [1.807, 2.05) is 6.92 Å². The Labute approximate surface area is 115 Å². The third-order valence-electron chi connectivity index (χ3n) is 2.48. The Morgan fingerprint density at radius 3 is 2.84 bits per heavy atom. The highest BCUT2D eigenvalue weighted by molar-refractivity contribution is 7.99. The SMILES string of the molecule is CCC[C@H](C)NC(=O)CSc1nnc(C)c(=O)n1N. The quantitative estimate of drug-likeness (QED) is 0.566. The number of aromatic nitrogens is 3. The molecule has 0 aromatic carbocycles. The van der Waals surface area contributed by atoms with Crippen LogP contribution in [-0.2, 0) is 4.79 Å². The number of nitrogen functional groups attached to an aromatic ring is 1. The van der Waals surface area contributed by atoms with Crippen molar-refractivity contribution >= 4 is 17.7 Å². The molecule has 1 atom stereocenters. The highest BCUT2D eigenvalue weighted by atomic mass is 32.2.